The number of aliphatic hydroxyl groups is 3. The zero-order chi connectivity index (χ0) is 25.8. The maximum Gasteiger partial charge on any atom is 0.310 e. The van der Waals surface area contributed by atoms with Crippen LogP contribution in [0.3, 0.4) is 0 Å². The minimum Gasteiger partial charge on any atom is -0.481 e. The molecule has 0 heterocycles. The van der Waals surface area contributed by atoms with Crippen molar-refractivity contribution in [2.45, 2.75) is 130 Å². The van der Waals surface area contributed by atoms with Gasteiger partial charge in [-0.15, -0.1) is 0 Å². The van der Waals surface area contributed by atoms with Gasteiger partial charge in [-0.3, -0.25) is 4.79 Å². The molecule has 0 aliphatic heterocycles. The van der Waals surface area contributed by atoms with E-state index in [9.17, 15) is 25.2 Å². The highest BCUT2D eigenvalue weighted by atomic mass is 16.4. The van der Waals surface area contributed by atoms with Crippen molar-refractivity contribution < 1.29 is 25.2 Å². The van der Waals surface area contributed by atoms with Gasteiger partial charge in [0, 0.05) is 0 Å². The molecule has 35 heavy (non-hydrogen) atoms. The summed E-state index contributed by atoms with van der Waals surface area (Å²) in [5, 5.41) is 42.4. The van der Waals surface area contributed by atoms with Crippen molar-refractivity contribution >= 4 is 5.97 Å². The molecule has 0 amide bonds. The number of carboxylic acid groups (broad SMARTS) is 1. The summed E-state index contributed by atoms with van der Waals surface area (Å²) in [6, 6.07) is 0. The third kappa shape index (κ3) is 3.13. The molecule has 0 saturated heterocycles. The van der Waals surface area contributed by atoms with E-state index in [1.807, 2.05) is 0 Å². The molecule has 5 saturated carbocycles. The fourth-order valence-electron chi connectivity index (χ4n) is 11.3. The molecule has 0 aromatic heterocycles. The maximum atomic E-state index is 13.4. The molecule has 5 fully saturated rings. The van der Waals surface area contributed by atoms with E-state index in [1.54, 1.807) is 13.8 Å². The second-order valence-corrected chi connectivity index (χ2v) is 15.1. The molecule has 5 aliphatic carbocycles. The number of hydrogen-bond acceptors (Lipinski definition) is 4. The Morgan fingerprint density at radius 3 is 2.20 bits per heavy atom. The molecule has 0 aromatic rings. The predicted octanol–water partition coefficient (Wildman–Crippen LogP) is 5.40. The van der Waals surface area contributed by atoms with E-state index in [-0.39, 0.29) is 33.7 Å². The predicted molar refractivity (Wildman–Crippen MR) is 136 cm³/mol. The second-order valence-electron chi connectivity index (χ2n) is 15.1. The largest absolute Gasteiger partial charge is 0.481 e. The van der Waals surface area contributed by atoms with Gasteiger partial charge in [0.05, 0.1) is 23.2 Å². The first-order valence-corrected chi connectivity index (χ1v) is 14.4. The van der Waals surface area contributed by atoms with E-state index in [4.69, 9.17) is 0 Å². The SMILES string of the molecule is C[C@@H](CC[C@H](O)C(C)(C)O)[C@H]1CC[C@]2(C(=O)O)[C@H]3CC[C@@H]4C(C)(C)[C@@H](O)CC[C@@]45C[C@@]35CC[C@]12C. The lowest BCUT2D eigenvalue weighted by Gasteiger charge is -2.62. The van der Waals surface area contributed by atoms with Crippen LogP contribution in [0, 0.1) is 50.7 Å². The zero-order valence-corrected chi connectivity index (χ0v) is 22.9. The Labute approximate surface area is 212 Å². The zero-order valence-electron chi connectivity index (χ0n) is 22.9. The molecule has 0 aromatic carbocycles. The van der Waals surface area contributed by atoms with Crippen LogP contribution in [0.4, 0.5) is 0 Å². The van der Waals surface area contributed by atoms with Gasteiger partial charge in [-0.25, -0.2) is 0 Å². The van der Waals surface area contributed by atoms with Crippen molar-refractivity contribution in [3.05, 3.63) is 0 Å². The first-order chi connectivity index (χ1) is 16.1. The van der Waals surface area contributed by atoms with Crippen LogP contribution < -0.4 is 0 Å². The summed E-state index contributed by atoms with van der Waals surface area (Å²) in [5.41, 5.74) is -1.69. The van der Waals surface area contributed by atoms with Gasteiger partial charge in [-0.2, -0.15) is 0 Å². The number of aliphatic carboxylic acids is 1. The average molecular weight is 491 g/mol. The van der Waals surface area contributed by atoms with Crippen LogP contribution in [-0.2, 0) is 4.79 Å². The van der Waals surface area contributed by atoms with Gasteiger partial charge >= 0.3 is 5.97 Å². The first-order valence-electron chi connectivity index (χ1n) is 14.4. The number of hydrogen-bond donors (Lipinski definition) is 4. The molecular weight excluding hydrogens is 440 g/mol. The van der Waals surface area contributed by atoms with Crippen LogP contribution in [0.15, 0.2) is 0 Å². The quantitative estimate of drug-likeness (QED) is 0.400. The molecule has 2 spiro atoms. The van der Waals surface area contributed by atoms with E-state index in [1.165, 1.54) is 6.42 Å². The normalized spacial score (nSPS) is 49.7. The Kier molecular flexibility index (Phi) is 5.71. The van der Waals surface area contributed by atoms with Gasteiger partial charge in [0.1, 0.15) is 0 Å². The summed E-state index contributed by atoms with van der Waals surface area (Å²) in [6.45, 7) is 12.4. The molecule has 5 heteroatoms. The van der Waals surface area contributed by atoms with E-state index in [0.717, 1.165) is 57.8 Å². The highest BCUT2D eigenvalue weighted by molar-refractivity contribution is 5.78. The van der Waals surface area contributed by atoms with Crippen LogP contribution in [0.5, 0.6) is 0 Å². The van der Waals surface area contributed by atoms with E-state index >= 15 is 0 Å². The van der Waals surface area contributed by atoms with Crippen molar-refractivity contribution in [1.82, 2.24) is 0 Å². The Bertz CT molecular complexity index is 876. The van der Waals surface area contributed by atoms with E-state index < -0.39 is 23.1 Å². The molecule has 0 bridgehead atoms. The highest BCUT2D eigenvalue weighted by Gasteiger charge is 2.84. The van der Waals surface area contributed by atoms with Gasteiger partial charge < -0.3 is 20.4 Å². The van der Waals surface area contributed by atoms with E-state index in [0.29, 0.717) is 24.2 Å². The molecule has 0 unspecified atom stereocenters. The van der Waals surface area contributed by atoms with E-state index in [2.05, 4.69) is 27.7 Å². The molecule has 200 valence electrons. The van der Waals surface area contributed by atoms with Crippen molar-refractivity contribution in [1.29, 1.82) is 0 Å². The number of carboxylic acids is 1. The Hall–Kier alpha value is -0.650. The Morgan fingerprint density at radius 1 is 0.943 bits per heavy atom. The van der Waals surface area contributed by atoms with Gasteiger partial charge in [0.15, 0.2) is 0 Å². The Balaban J connectivity index is 1.44. The fraction of sp³-hybridized carbons (Fsp3) is 0.967. The lowest BCUT2D eigenvalue weighted by atomic mass is 9.41. The number of aliphatic hydroxyl groups excluding tert-OH is 2. The van der Waals surface area contributed by atoms with Gasteiger partial charge in [0.25, 0.3) is 0 Å². The summed E-state index contributed by atoms with van der Waals surface area (Å²) < 4.78 is 0. The average Bonchev–Trinajstić information content (AvgIpc) is 3.32. The molecule has 4 N–H and O–H groups in total. The van der Waals surface area contributed by atoms with Crippen LogP contribution >= 0.6 is 0 Å². The van der Waals surface area contributed by atoms with Gasteiger partial charge in [-0.1, -0.05) is 27.7 Å². The molecule has 5 nitrogen and oxygen atoms in total. The summed E-state index contributed by atoms with van der Waals surface area (Å²) in [7, 11) is 0. The summed E-state index contributed by atoms with van der Waals surface area (Å²) in [4.78, 5) is 13.4. The van der Waals surface area contributed by atoms with Crippen LogP contribution in [0.1, 0.15) is 112 Å². The van der Waals surface area contributed by atoms with Crippen LogP contribution in [0.25, 0.3) is 0 Å². The maximum absolute atomic E-state index is 13.4. The van der Waals surface area contributed by atoms with Crippen LogP contribution in [0.2, 0.25) is 0 Å². The van der Waals surface area contributed by atoms with Crippen molar-refractivity contribution in [2.24, 2.45) is 50.7 Å². The van der Waals surface area contributed by atoms with Crippen molar-refractivity contribution in [3.8, 4) is 0 Å². The number of carbonyl (C=O) groups is 1. The fourth-order valence-corrected chi connectivity index (χ4v) is 11.3. The Morgan fingerprint density at radius 2 is 1.57 bits per heavy atom. The minimum atomic E-state index is -1.11. The summed E-state index contributed by atoms with van der Waals surface area (Å²) >= 11 is 0. The molecule has 10 atom stereocenters. The van der Waals surface area contributed by atoms with Gasteiger partial charge in [0.2, 0.25) is 0 Å². The number of rotatable bonds is 6. The molecule has 0 radical (unpaired) electrons. The highest BCUT2D eigenvalue weighted by Crippen LogP contribution is 2.89. The van der Waals surface area contributed by atoms with Crippen LogP contribution in [-0.4, -0.2) is 44.2 Å². The van der Waals surface area contributed by atoms with Crippen molar-refractivity contribution in [3.63, 3.8) is 0 Å². The summed E-state index contributed by atoms with van der Waals surface area (Å²) in [6.07, 6.45) is 9.36. The standard InChI is InChI=1S/C30H50O5/c1-18(7-10-23(32)26(4,5)35)19-11-14-30(24(33)34)21-9-8-20-25(2,3)22(31)12-13-28(20)17-29(21,28)16-15-27(19,30)6/h18-23,31-32,35H,7-17H2,1-6H3,(H,33,34)/t18-,19+,20+,21-,22-,23-,27+,28+,29-,30+/m0/s1. The lowest BCUT2D eigenvalue weighted by molar-refractivity contribution is -0.194. The molecule has 5 aliphatic rings. The first kappa shape index (κ1) is 26.0. The second kappa shape index (κ2) is 7.69. The third-order valence-corrected chi connectivity index (χ3v) is 13.3. The lowest BCUT2D eigenvalue weighted by Crippen LogP contribution is -2.61. The topological polar surface area (TPSA) is 98.0 Å². The number of fused-ring (bicyclic) bond motifs is 2. The third-order valence-electron chi connectivity index (χ3n) is 13.3. The van der Waals surface area contributed by atoms with Gasteiger partial charge in [-0.05, 0) is 130 Å². The minimum absolute atomic E-state index is 0.0854. The monoisotopic (exact) mass is 490 g/mol. The van der Waals surface area contributed by atoms with Crippen molar-refractivity contribution in [2.75, 3.05) is 0 Å². The molecule has 5 rings (SSSR count). The molecular formula is C30H50O5. The smallest absolute Gasteiger partial charge is 0.310 e. The summed E-state index contributed by atoms with van der Waals surface area (Å²) in [5.74, 6) is 0.839.